The molecule has 5 rings (SSSR count). The highest BCUT2D eigenvalue weighted by atomic mass is 35.5. The summed E-state index contributed by atoms with van der Waals surface area (Å²) in [6, 6.07) is 7.78. The lowest BCUT2D eigenvalue weighted by Crippen LogP contribution is -2.54. The molecule has 1 fully saturated rings. The van der Waals surface area contributed by atoms with Crippen LogP contribution in [0.3, 0.4) is 0 Å². The quantitative estimate of drug-likeness (QED) is 0.348. The van der Waals surface area contributed by atoms with Crippen LogP contribution < -0.4 is 10.6 Å². The molecule has 1 aliphatic rings. The van der Waals surface area contributed by atoms with E-state index in [2.05, 4.69) is 16.5 Å². The molecule has 0 N–H and O–H groups in total. The highest BCUT2D eigenvalue weighted by molar-refractivity contribution is 7.12. The summed E-state index contributed by atoms with van der Waals surface area (Å²) in [5.74, 6) is -0.189. The van der Waals surface area contributed by atoms with Crippen molar-refractivity contribution < 1.29 is 9.18 Å². The van der Waals surface area contributed by atoms with Gasteiger partial charge in [-0.3, -0.25) is 4.79 Å². The fourth-order valence-corrected chi connectivity index (χ4v) is 5.77. The molecule has 1 amide bonds. The largest absolute Gasteiger partial charge is 0.356 e. The van der Waals surface area contributed by atoms with Crippen LogP contribution in [-0.2, 0) is 11.2 Å². The van der Waals surface area contributed by atoms with Gasteiger partial charge in [0.1, 0.15) is 16.6 Å². The summed E-state index contributed by atoms with van der Waals surface area (Å²) >= 11 is 7.99. The number of aromatic nitrogens is 4. The fourth-order valence-electron chi connectivity index (χ4n) is 4.64. The number of fused-ring (bicyclic) bond motifs is 1. The predicted molar refractivity (Wildman–Crippen MR) is 144 cm³/mol. The Morgan fingerprint density at radius 3 is 2.78 bits per heavy atom. The Kier molecular flexibility index (Phi) is 6.78. The van der Waals surface area contributed by atoms with E-state index in [4.69, 9.17) is 16.6 Å². The Labute approximate surface area is 221 Å². The number of pyridine rings is 1. The van der Waals surface area contributed by atoms with Crippen molar-refractivity contribution in [1.29, 1.82) is 0 Å². The van der Waals surface area contributed by atoms with Crippen molar-refractivity contribution in [2.45, 2.75) is 26.3 Å². The molecule has 0 radical (unpaired) electrons. The highest BCUT2D eigenvalue weighted by Gasteiger charge is 2.30. The molecule has 0 bridgehead atoms. The molecule has 190 valence electrons. The zero-order chi connectivity index (χ0) is 26.3. The average molecular weight is 539 g/mol. The number of hydrogen-bond donors (Lipinski definition) is 0. The number of hydrogen-bond acceptors (Lipinski definition) is 7. The molecule has 8 nitrogen and oxygen atoms in total. The third-order valence-electron chi connectivity index (χ3n) is 6.47. The number of piperazine rings is 1. The lowest BCUT2D eigenvalue weighted by Gasteiger charge is -2.40. The Bertz CT molecular complexity index is 1590. The lowest BCUT2D eigenvalue weighted by molar-refractivity contribution is -0.126. The monoisotopic (exact) mass is 538 g/mol. The van der Waals surface area contributed by atoms with Crippen LogP contribution in [0.5, 0.6) is 0 Å². The van der Waals surface area contributed by atoms with Crippen LogP contribution in [0.2, 0.25) is 5.02 Å². The average Bonchev–Trinajstić information content (AvgIpc) is 3.36. The summed E-state index contributed by atoms with van der Waals surface area (Å²) in [5.41, 5.74) is 2.66. The standard InChI is InChI=1S/C26H24ClFN6O2S/c1-4-20-25(37-14-29-20)34-24-17(12-18(27)22(30-24)16-8-6-7-9-19(16)28)23(31-26(34)36)33-11-10-32(13-15(33)3)21(35)5-2/h5-9,12,14-15H,2,4,10-11,13H2,1,3H3/t15-/m0/s1. The Morgan fingerprint density at radius 2 is 2.08 bits per heavy atom. The maximum atomic E-state index is 14.7. The van der Waals surface area contributed by atoms with Crippen LogP contribution in [-0.4, -0.2) is 56.0 Å². The molecule has 3 aromatic heterocycles. The lowest BCUT2D eigenvalue weighted by atomic mass is 10.1. The molecule has 1 atom stereocenters. The second-order valence-electron chi connectivity index (χ2n) is 8.71. The predicted octanol–water partition coefficient (Wildman–Crippen LogP) is 4.48. The van der Waals surface area contributed by atoms with Crippen LogP contribution in [0.4, 0.5) is 10.2 Å². The minimum Gasteiger partial charge on any atom is -0.350 e. The number of aryl methyl sites for hydroxylation is 1. The van der Waals surface area contributed by atoms with Gasteiger partial charge < -0.3 is 9.80 Å². The Balaban J connectivity index is 1.75. The first-order valence-electron chi connectivity index (χ1n) is 11.8. The molecule has 1 saturated heterocycles. The molecule has 0 saturated carbocycles. The van der Waals surface area contributed by atoms with Crippen LogP contribution in [0.25, 0.3) is 27.3 Å². The summed E-state index contributed by atoms with van der Waals surface area (Å²) in [4.78, 5) is 43.0. The number of carbonyl (C=O) groups excluding carboxylic acids is 1. The van der Waals surface area contributed by atoms with E-state index in [1.807, 2.05) is 18.7 Å². The van der Waals surface area contributed by atoms with Crippen LogP contribution >= 0.6 is 22.9 Å². The van der Waals surface area contributed by atoms with E-state index >= 15 is 0 Å². The minimum absolute atomic E-state index is 0.136. The van der Waals surface area contributed by atoms with E-state index in [0.717, 1.165) is 5.69 Å². The van der Waals surface area contributed by atoms with Gasteiger partial charge in [0.15, 0.2) is 5.65 Å². The molecule has 4 heterocycles. The first kappa shape index (κ1) is 25.0. The second-order valence-corrected chi connectivity index (χ2v) is 9.95. The SMILES string of the molecule is C=CC(=O)N1CCN(c2nc(=O)n(-c3scnc3CC)c3nc(-c4ccccc4F)c(Cl)cc23)[C@@H](C)C1. The van der Waals surface area contributed by atoms with Gasteiger partial charge in [0.05, 0.1) is 27.3 Å². The molecule has 0 aliphatic carbocycles. The van der Waals surface area contributed by atoms with E-state index in [1.165, 1.54) is 28.0 Å². The molecule has 11 heteroatoms. The minimum atomic E-state index is -0.521. The van der Waals surface area contributed by atoms with Crippen molar-refractivity contribution in [2.24, 2.45) is 0 Å². The molecule has 1 aliphatic heterocycles. The number of anilines is 1. The first-order valence-corrected chi connectivity index (χ1v) is 13.1. The molecular formula is C26H24ClFN6O2S. The van der Waals surface area contributed by atoms with Gasteiger partial charge in [-0.25, -0.2) is 23.7 Å². The maximum absolute atomic E-state index is 14.7. The summed E-state index contributed by atoms with van der Waals surface area (Å²) < 4.78 is 16.2. The first-order chi connectivity index (χ1) is 17.8. The van der Waals surface area contributed by atoms with E-state index in [9.17, 15) is 14.0 Å². The third-order valence-corrected chi connectivity index (χ3v) is 7.61. The van der Waals surface area contributed by atoms with Crippen LogP contribution in [0.15, 0.2) is 53.3 Å². The van der Waals surface area contributed by atoms with E-state index < -0.39 is 11.5 Å². The van der Waals surface area contributed by atoms with Crippen molar-refractivity contribution >= 4 is 45.7 Å². The smallest absolute Gasteiger partial charge is 0.350 e. The van der Waals surface area contributed by atoms with Crippen molar-refractivity contribution in [3.63, 3.8) is 0 Å². The number of amides is 1. The van der Waals surface area contributed by atoms with E-state index in [1.54, 1.807) is 34.7 Å². The Hall–Kier alpha value is -3.63. The normalized spacial score (nSPS) is 15.8. The highest BCUT2D eigenvalue weighted by Crippen LogP contribution is 2.35. The molecule has 37 heavy (non-hydrogen) atoms. The van der Waals surface area contributed by atoms with Gasteiger partial charge in [-0.2, -0.15) is 4.98 Å². The van der Waals surface area contributed by atoms with Crippen molar-refractivity contribution in [3.05, 3.63) is 75.5 Å². The molecular weight excluding hydrogens is 515 g/mol. The van der Waals surface area contributed by atoms with Gasteiger partial charge in [-0.05, 0) is 37.6 Å². The van der Waals surface area contributed by atoms with Crippen LogP contribution in [0, 0.1) is 5.82 Å². The summed E-state index contributed by atoms with van der Waals surface area (Å²) in [5, 5.41) is 1.40. The third kappa shape index (κ3) is 4.40. The molecule has 0 unspecified atom stereocenters. The topological polar surface area (TPSA) is 84.2 Å². The molecule has 1 aromatic carbocycles. The zero-order valence-corrected chi connectivity index (χ0v) is 21.9. The number of rotatable bonds is 5. The number of benzene rings is 1. The van der Waals surface area contributed by atoms with Gasteiger partial charge in [-0.1, -0.05) is 37.2 Å². The Morgan fingerprint density at radius 1 is 1.30 bits per heavy atom. The summed E-state index contributed by atoms with van der Waals surface area (Å²) in [7, 11) is 0. The zero-order valence-electron chi connectivity index (χ0n) is 20.3. The maximum Gasteiger partial charge on any atom is 0.356 e. The van der Waals surface area contributed by atoms with Gasteiger partial charge in [0, 0.05) is 31.2 Å². The number of halogens is 2. The van der Waals surface area contributed by atoms with Crippen molar-refractivity contribution in [2.75, 3.05) is 24.5 Å². The van der Waals surface area contributed by atoms with E-state index in [-0.39, 0.29) is 28.2 Å². The molecule has 4 aromatic rings. The number of carbonyl (C=O) groups is 1. The van der Waals surface area contributed by atoms with Gasteiger partial charge in [-0.15, -0.1) is 11.3 Å². The van der Waals surface area contributed by atoms with Gasteiger partial charge >= 0.3 is 5.69 Å². The van der Waals surface area contributed by atoms with Crippen molar-refractivity contribution in [3.8, 4) is 16.3 Å². The summed E-state index contributed by atoms with van der Waals surface area (Å²) in [6.45, 7) is 8.84. The fraction of sp³-hybridized carbons (Fsp3) is 0.269. The number of nitrogens with zero attached hydrogens (tertiary/aromatic N) is 6. The van der Waals surface area contributed by atoms with Gasteiger partial charge in [0.2, 0.25) is 5.91 Å². The van der Waals surface area contributed by atoms with Crippen LogP contribution in [0.1, 0.15) is 19.5 Å². The number of thiazole rings is 1. The van der Waals surface area contributed by atoms with E-state index in [0.29, 0.717) is 47.9 Å². The second kappa shape index (κ2) is 10.0. The van der Waals surface area contributed by atoms with Crippen molar-refractivity contribution in [1.82, 2.24) is 24.4 Å². The molecule has 0 spiro atoms. The van der Waals surface area contributed by atoms with Gasteiger partial charge in [0.25, 0.3) is 0 Å². The summed E-state index contributed by atoms with van der Waals surface area (Å²) in [6.07, 6.45) is 1.91.